The zero-order chi connectivity index (χ0) is 11.7. The molecule has 3 nitrogen and oxygen atoms in total. The van der Waals surface area contributed by atoms with Gasteiger partial charge in [0, 0.05) is 5.57 Å². The van der Waals surface area contributed by atoms with Gasteiger partial charge in [-0.05, 0) is 46.7 Å². The number of carbonyl (C=O) groups excluding carboxylic acids is 1. The summed E-state index contributed by atoms with van der Waals surface area (Å²) in [5, 5.41) is 2.75. The molecule has 0 unspecified atom stereocenters. The van der Waals surface area contributed by atoms with Crippen LogP contribution in [0.2, 0.25) is 0 Å². The third-order valence-electron chi connectivity index (χ3n) is 2.17. The van der Waals surface area contributed by atoms with Gasteiger partial charge < -0.3 is 10.1 Å². The molecule has 15 heavy (non-hydrogen) atoms. The van der Waals surface area contributed by atoms with Crippen LogP contribution in [0.1, 0.15) is 39.0 Å². The maximum absolute atomic E-state index is 11.1. The number of nitrogens with one attached hydrogen (secondary N) is 1. The Morgan fingerprint density at radius 1 is 1.27 bits per heavy atom. The lowest BCUT2D eigenvalue weighted by Crippen LogP contribution is -2.20. The first-order chi connectivity index (χ1) is 7.11. The van der Waals surface area contributed by atoms with E-state index in [1.807, 2.05) is 14.1 Å². The summed E-state index contributed by atoms with van der Waals surface area (Å²) in [6.07, 6.45) is 5.87. The molecular formula is C12H23NO2. The summed E-state index contributed by atoms with van der Waals surface area (Å²) in [6, 6.07) is 0. The van der Waals surface area contributed by atoms with Crippen LogP contribution >= 0.6 is 0 Å². The first-order valence-corrected chi connectivity index (χ1v) is 5.56. The molecule has 0 heterocycles. The number of hydrogen-bond donors (Lipinski definition) is 1. The van der Waals surface area contributed by atoms with Crippen LogP contribution in [0.25, 0.3) is 0 Å². The lowest BCUT2D eigenvalue weighted by molar-refractivity contribution is -0.145. The van der Waals surface area contributed by atoms with E-state index in [4.69, 9.17) is 4.74 Å². The fraction of sp³-hybridized carbons (Fsp3) is 0.750. The Balaban J connectivity index is 0.000000583. The van der Waals surface area contributed by atoms with Crippen molar-refractivity contribution in [1.82, 2.24) is 5.32 Å². The second kappa shape index (κ2) is 8.48. The average molecular weight is 213 g/mol. The molecule has 0 aromatic heterocycles. The van der Waals surface area contributed by atoms with Crippen molar-refractivity contribution in [3.63, 3.8) is 0 Å². The second-order valence-electron chi connectivity index (χ2n) is 3.95. The van der Waals surface area contributed by atoms with Gasteiger partial charge in [0.25, 0.3) is 0 Å². The fourth-order valence-electron chi connectivity index (χ4n) is 1.43. The number of carbonyl (C=O) groups is 1. The summed E-state index contributed by atoms with van der Waals surface area (Å²) < 4.78 is 5.21. The summed E-state index contributed by atoms with van der Waals surface area (Å²) in [7, 11) is 3.75. The minimum atomic E-state index is -0.234. The first kappa shape index (κ1) is 14.2. The lowest BCUT2D eigenvalue weighted by atomic mass is 9.98. The highest BCUT2D eigenvalue weighted by molar-refractivity contribution is 5.87. The molecule has 1 rings (SSSR count). The van der Waals surface area contributed by atoms with Gasteiger partial charge in [-0.2, -0.15) is 0 Å². The minimum Gasteiger partial charge on any atom is -0.459 e. The molecule has 3 heteroatoms. The summed E-state index contributed by atoms with van der Waals surface area (Å²) >= 11 is 0. The monoisotopic (exact) mass is 213 g/mol. The van der Waals surface area contributed by atoms with Crippen LogP contribution in [0.15, 0.2) is 12.2 Å². The normalized spacial score (nSPS) is 16.2. The van der Waals surface area contributed by atoms with Crippen LogP contribution in [-0.2, 0) is 9.53 Å². The fourth-order valence-corrected chi connectivity index (χ4v) is 1.43. The maximum atomic E-state index is 11.1. The van der Waals surface area contributed by atoms with Gasteiger partial charge in [0.2, 0.25) is 0 Å². The predicted molar refractivity (Wildman–Crippen MR) is 62.8 cm³/mol. The van der Waals surface area contributed by atoms with Gasteiger partial charge in [0.05, 0.1) is 0 Å². The first-order valence-electron chi connectivity index (χ1n) is 5.56. The third-order valence-corrected chi connectivity index (χ3v) is 2.17. The average Bonchev–Trinajstić information content (AvgIpc) is 2.20. The number of ether oxygens (including phenoxy) is 1. The molecule has 0 atom stereocenters. The van der Waals surface area contributed by atoms with Gasteiger partial charge in [-0.25, -0.2) is 4.79 Å². The molecule has 0 saturated heterocycles. The smallest absolute Gasteiger partial charge is 0.333 e. The second-order valence-corrected chi connectivity index (χ2v) is 3.95. The standard InChI is InChI=1S/C10H16O2.C2H7N/c1-8(2)10(11)12-9-6-4-3-5-7-9;1-3-2/h9H,1,3-7H2,2H3;3H,1-2H3. The van der Waals surface area contributed by atoms with Crippen LogP contribution < -0.4 is 5.32 Å². The molecule has 0 spiro atoms. The van der Waals surface area contributed by atoms with Crippen LogP contribution in [-0.4, -0.2) is 26.2 Å². The number of rotatable bonds is 2. The van der Waals surface area contributed by atoms with Crippen molar-refractivity contribution >= 4 is 5.97 Å². The van der Waals surface area contributed by atoms with Crippen LogP contribution in [0, 0.1) is 0 Å². The van der Waals surface area contributed by atoms with Crippen LogP contribution in [0.5, 0.6) is 0 Å². The molecule has 1 aliphatic carbocycles. The highest BCUT2D eigenvalue weighted by Gasteiger charge is 2.17. The van der Waals surface area contributed by atoms with E-state index >= 15 is 0 Å². The van der Waals surface area contributed by atoms with E-state index in [1.54, 1.807) is 6.92 Å². The van der Waals surface area contributed by atoms with Crippen molar-refractivity contribution in [2.45, 2.75) is 45.1 Å². The van der Waals surface area contributed by atoms with Crippen molar-refractivity contribution in [1.29, 1.82) is 0 Å². The molecule has 0 aliphatic heterocycles. The van der Waals surface area contributed by atoms with E-state index in [-0.39, 0.29) is 12.1 Å². The molecule has 0 bridgehead atoms. The van der Waals surface area contributed by atoms with E-state index in [0.29, 0.717) is 5.57 Å². The molecule has 0 aromatic carbocycles. The van der Waals surface area contributed by atoms with Crippen molar-refractivity contribution in [3.8, 4) is 0 Å². The molecule has 1 aliphatic rings. The molecule has 88 valence electrons. The van der Waals surface area contributed by atoms with Gasteiger partial charge >= 0.3 is 5.97 Å². The molecule has 0 radical (unpaired) electrons. The Hall–Kier alpha value is -0.830. The van der Waals surface area contributed by atoms with E-state index in [1.165, 1.54) is 19.3 Å². The van der Waals surface area contributed by atoms with Gasteiger partial charge in [-0.3, -0.25) is 0 Å². The predicted octanol–water partition coefficient (Wildman–Crippen LogP) is 2.27. The molecule has 1 fully saturated rings. The zero-order valence-electron chi connectivity index (χ0n) is 10.1. The molecule has 1 saturated carbocycles. The Morgan fingerprint density at radius 3 is 2.13 bits per heavy atom. The quantitative estimate of drug-likeness (QED) is 0.565. The van der Waals surface area contributed by atoms with Gasteiger partial charge in [-0.15, -0.1) is 0 Å². The Morgan fingerprint density at radius 2 is 1.73 bits per heavy atom. The molecule has 1 N–H and O–H groups in total. The third kappa shape index (κ3) is 7.14. The summed E-state index contributed by atoms with van der Waals surface area (Å²) in [5.41, 5.74) is 0.501. The van der Waals surface area contributed by atoms with Crippen LogP contribution in [0.3, 0.4) is 0 Å². The van der Waals surface area contributed by atoms with Gasteiger partial charge in [0.15, 0.2) is 0 Å². The Labute approximate surface area is 92.9 Å². The van der Waals surface area contributed by atoms with E-state index in [0.717, 1.165) is 12.8 Å². The summed E-state index contributed by atoms with van der Waals surface area (Å²) in [5.74, 6) is -0.234. The number of hydrogen-bond acceptors (Lipinski definition) is 3. The van der Waals surface area contributed by atoms with Crippen LogP contribution in [0.4, 0.5) is 0 Å². The van der Waals surface area contributed by atoms with Crippen molar-refractivity contribution in [2.24, 2.45) is 0 Å². The largest absolute Gasteiger partial charge is 0.459 e. The SMILES string of the molecule is C=C(C)C(=O)OC1CCCCC1.CNC. The maximum Gasteiger partial charge on any atom is 0.333 e. The summed E-state index contributed by atoms with van der Waals surface area (Å²) in [6.45, 7) is 5.23. The van der Waals surface area contributed by atoms with E-state index in [9.17, 15) is 4.79 Å². The molecule has 0 aromatic rings. The lowest BCUT2D eigenvalue weighted by Gasteiger charge is -2.21. The Bertz CT molecular complexity index is 196. The highest BCUT2D eigenvalue weighted by Crippen LogP contribution is 2.20. The number of esters is 1. The summed E-state index contributed by atoms with van der Waals surface area (Å²) in [4.78, 5) is 11.1. The Kier molecular flexibility index (Phi) is 8.01. The molecule has 0 amide bonds. The van der Waals surface area contributed by atoms with Crippen molar-refractivity contribution < 1.29 is 9.53 Å². The van der Waals surface area contributed by atoms with E-state index in [2.05, 4.69) is 11.9 Å². The van der Waals surface area contributed by atoms with Crippen molar-refractivity contribution in [2.75, 3.05) is 14.1 Å². The van der Waals surface area contributed by atoms with Crippen molar-refractivity contribution in [3.05, 3.63) is 12.2 Å². The van der Waals surface area contributed by atoms with Gasteiger partial charge in [-0.1, -0.05) is 13.0 Å². The molecular weight excluding hydrogens is 190 g/mol. The van der Waals surface area contributed by atoms with E-state index < -0.39 is 0 Å². The topological polar surface area (TPSA) is 38.3 Å². The highest BCUT2D eigenvalue weighted by atomic mass is 16.5. The zero-order valence-corrected chi connectivity index (χ0v) is 10.1. The van der Waals surface area contributed by atoms with Gasteiger partial charge in [0.1, 0.15) is 6.10 Å². The minimum absolute atomic E-state index is 0.156.